The molecule has 0 aliphatic heterocycles. The summed E-state index contributed by atoms with van der Waals surface area (Å²) in [5.74, 6) is 0.160. The molecule has 0 heterocycles. The molecule has 1 unspecified atom stereocenters. The van der Waals surface area contributed by atoms with E-state index in [1.165, 1.54) is 29.8 Å². The lowest BCUT2D eigenvalue weighted by Crippen LogP contribution is -2.18. The van der Waals surface area contributed by atoms with Crippen molar-refractivity contribution in [2.75, 3.05) is 5.32 Å². The molecule has 5 heteroatoms. The van der Waals surface area contributed by atoms with Crippen molar-refractivity contribution in [2.45, 2.75) is 33.1 Å². The lowest BCUT2D eigenvalue weighted by Gasteiger charge is -2.13. The van der Waals surface area contributed by atoms with E-state index in [0.717, 1.165) is 12.0 Å². The van der Waals surface area contributed by atoms with Crippen LogP contribution in [-0.4, -0.2) is 10.8 Å². The molecule has 0 fully saturated rings. The van der Waals surface area contributed by atoms with Crippen LogP contribution in [0.15, 0.2) is 48.5 Å². The van der Waals surface area contributed by atoms with Gasteiger partial charge < -0.3 is 5.32 Å². The predicted octanol–water partition coefficient (Wildman–Crippen LogP) is 4.54. The Balaban J connectivity index is 2.02. The molecular formula is C19H22N2O3. The SMILES string of the molecule is CC(C)Cc1ccc(C(C)C(=O)Nc2ccc([N+](=O)[O-])cc2)cc1. The summed E-state index contributed by atoms with van der Waals surface area (Å²) in [6, 6.07) is 13.9. The van der Waals surface area contributed by atoms with Crippen LogP contribution in [0.3, 0.4) is 0 Å². The summed E-state index contributed by atoms with van der Waals surface area (Å²) in [5, 5.41) is 13.4. The molecule has 5 nitrogen and oxygen atoms in total. The van der Waals surface area contributed by atoms with Gasteiger partial charge in [-0.3, -0.25) is 14.9 Å². The summed E-state index contributed by atoms with van der Waals surface area (Å²) in [7, 11) is 0. The Labute approximate surface area is 141 Å². The van der Waals surface area contributed by atoms with Crippen molar-refractivity contribution < 1.29 is 9.72 Å². The van der Waals surface area contributed by atoms with Crippen LogP contribution in [0.4, 0.5) is 11.4 Å². The summed E-state index contributed by atoms with van der Waals surface area (Å²) in [4.78, 5) is 22.5. The molecule has 0 saturated heterocycles. The molecule has 0 bridgehead atoms. The van der Waals surface area contributed by atoms with Crippen LogP contribution in [0.25, 0.3) is 0 Å². The number of nitro groups is 1. The third kappa shape index (κ3) is 4.65. The van der Waals surface area contributed by atoms with E-state index in [1.54, 1.807) is 0 Å². The van der Waals surface area contributed by atoms with Gasteiger partial charge in [-0.25, -0.2) is 0 Å². The maximum Gasteiger partial charge on any atom is 0.269 e. The number of hydrogen-bond donors (Lipinski definition) is 1. The van der Waals surface area contributed by atoms with E-state index in [4.69, 9.17) is 0 Å². The van der Waals surface area contributed by atoms with Gasteiger partial charge in [-0.2, -0.15) is 0 Å². The number of nitro benzene ring substituents is 1. The first-order valence-electron chi connectivity index (χ1n) is 8.01. The van der Waals surface area contributed by atoms with Crippen LogP contribution < -0.4 is 5.32 Å². The van der Waals surface area contributed by atoms with Gasteiger partial charge in [0.2, 0.25) is 5.91 Å². The number of carbonyl (C=O) groups excluding carboxylic acids is 1. The first-order chi connectivity index (χ1) is 11.4. The number of carbonyl (C=O) groups is 1. The monoisotopic (exact) mass is 326 g/mol. The van der Waals surface area contributed by atoms with Crippen LogP contribution in [0.2, 0.25) is 0 Å². The van der Waals surface area contributed by atoms with Crippen LogP contribution in [0, 0.1) is 16.0 Å². The molecule has 2 aromatic rings. The van der Waals surface area contributed by atoms with E-state index in [0.29, 0.717) is 11.6 Å². The van der Waals surface area contributed by atoms with Crippen molar-refractivity contribution in [3.63, 3.8) is 0 Å². The van der Waals surface area contributed by atoms with Crippen molar-refractivity contribution in [2.24, 2.45) is 5.92 Å². The number of hydrogen-bond acceptors (Lipinski definition) is 3. The van der Waals surface area contributed by atoms with Crippen LogP contribution >= 0.6 is 0 Å². The maximum atomic E-state index is 12.3. The number of anilines is 1. The predicted molar refractivity (Wildman–Crippen MR) is 95.1 cm³/mol. The second-order valence-electron chi connectivity index (χ2n) is 6.35. The molecule has 2 rings (SSSR count). The Kier molecular flexibility index (Phi) is 5.68. The topological polar surface area (TPSA) is 72.2 Å². The van der Waals surface area contributed by atoms with Gasteiger partial charge in [0, 0.05) is 17.8 Å². The molecule has 1 amide bonds. The zero-order chi connectivity index (χ0) is 17.7. The molecule has 0 aromatic heterocycles. The second kappa shape index (κ2) is 7.73. The van der Waals surface area contributed by atoms with Crippen molar-refractivity contribution >= 4 is 17.3 Å². The first-order valence-corrected chi connectivity index (χ1v) is 8.01. The average Bonchev–Trinajstić information content (AvgIpc) is 2.54. The van der Waals surface area contributed by atoms with Crippen molar-refractivity contribution in [1.29, 1.82) is 0 Å². The molecule has 0 aliphatic rings. The van der Waals surface area contributed by atoms with Gasteiger partial charge in [0.25, 0.3) is 5.69 Å². The fourth-order valence-electron chi connectivity index (χ4n) is 2.48. The number of rotatable bonds is 6. The van der Waals surface area contributed by atoms with Crippen LogP contribution in [0.1, 0.15) is 37.8 Å². The highest BCUT2D eigenvalue weighted by atomic mass is 16.6. The van der Waals surface area contributed by atoms with E-state index < -0.39 is 4.92 Å². The standard InChI is InChI=1S/C19H22N2O3/c1-13(2)12-15-4-6-16(7-5-15)14(3)19(22)20-17-8-10-18(11-9-17)21(23)24/h4-11,13-14H,12H2,1-3H3,(H,20,22). The summed E-state index contributed by atoms with van der Waals surface area (Å²) >= 11 is 0. The highest BCUT2D eigenvalue weighted by Gasteiger charge is 2.16. The molecule has 0 spiro atoms. The van der Waals surface area contributed by atoms with E-state index in [2.05, 4.69) is 31.3 Å². The van der Waals surface area contributed by atoms with Gasteiger partial charge in [-0.05, 0) is 42.5 Å². The third-order valence-corrected chi connectivity index (χ3v) is 3.86. The fraction of sp³-hybridized carbons (Fsp3) is 0.316. The Morgan fingerprint density at radius 2 is 1.62 bits per heavy atom. The lowest BCUT2D eigenvalue weighted by atomic mass is 9.96. The molecule has 0 aliphatic carbocycles. The number of benzene rings is 2. The van der Waals surface area contributed by atoms with Gasteiger partial charge in [-0.1, -0.05) is 38.1 Å². The number of nitrogens with zero attached hydrogens (tertiary/aromatic N) is 1. The lowest BCUT2D eigenvalue weighted by molar-refractivity contribution is -0.384. The minimum Gasteiger partial charge on any atom is -0.326 e. The average molecular weight is 326 g/mol. The normalized spacial score (nSPS) is 12.0. The Morgan fingerprint density at radius 3 is 2.12 bits per heavy atom. The first kappa shape index (κ1) is 17.7. The van der Waals surface area contributed by atoms with Gasteiger partial charge in [0.1, 0.15) is 0 Å². The van der Waals surface area contributed by atoms with E-state index >= 15 is 0 Å². The summed E-state index contributed by atoms with van der Waals surface area (Å²) in [6.45, 7) is 6.19. The quantitative estimate of drug-likeness (QED) is 0.626. The zero-order valence-corrected chi connectivity index (χ0v) is 14.2. The Bertz CT molecular complexity index is 706. The highest BCUT2D eigenvalue weighted by Crippen LogP contribution is 2.21. The van der Waals surface area contributed by atoms with E-state index in [-0.39, 0.29) is 17.5 Å². The van der Waals surface area contributed by atoms with Crippen molar-refractivity contribution in [1.82, 2.24) is 0 Å². The smallest absolute Gasteiger partial charge is 0.269 e. The molecule has 126 valence electrons. The second-order valence-corrected chi connectivity index (χ2v) is 6.35. The van der Waals surface area contributed by atoms with Gasteiger partial charge in [0.05, 0.1) is 10.8 Å². The highest BCUT2D eigenvalue weighted by molar-refractivity contribution is 5.95. The molecule has 1 N–H and O–H groups in total. The maximum absolute atomic E-state index is 12.3. The minimum atomic E-state index is -0.465. The Hall–Kier alpha value is -2.69. The van der Waals surface area contributed by atoms with E-state index in [9.17, 15) is 14.9 Å². The largest absolute Gasteiger partial charge is 0.326 e. The fourth-order valence-corrected chi connectivity index (χ4v) is 2.48. The summed E-state index contributed by atoms with van der Waals surface area (Å²) in [5.41, 5.74) is 2.76. The third-order valence-electron chi connectivity index (χ3n) is 3.86. The number of nitrogens with one attached hydrogen (secondary N) is 1. The number of amides is 1. The van der Waals surface area contributed by atoms with Crippen LogP contribution in [0.5, 0.6) is 0 Å². The van der Waals surface area contributed by atoms with Crippen molar-refractivity contribution in [3.8, 4) is 0 Å². The molecule has 1 atom stereocenters. The van der Waals surface area contributed by atoms with Crippen molar-refractivity contribution in [3.05, 3.63) is 69.8 Å². The van der Waals surface area contributed by atoms with Gasteiger partial charge >= 0.3 is 0 Å². The van der Waals surface area contributed by atoms with Gasteiger partial charge in [0.15, 0.2) is 0 Å². The Morgan fingerprint density at radius 1 is 1.04 bits per heavy atom. The molecule has 0 saturated carbocycles. The molecule has 0 radical (unpaired) electrons. The summed E-state index contributed by atoms with van der Waals surface area (Å²) < 4.78 is 0. The van der Waals surface area contributed by atoms with E-state index in [1.807, 2.05) is 19.1 Å². The minimum absolute atomic E-state index is 0.00166. The summed E-state index contributed by atoms with van der Waals surface area (Å²) in [6.07, 6.45) is 1.02. The number of non-ortho nitro benzene ring substituents is 1. The van der Waals surface area contributed by atoms with Crippen LogP contribution in [-0.2, 0) is 11.2 Å². The van der Waals surface area contributed by atoms with Gasteiger partial charge in [-0.15, -0.1) is 0 Å². The molecule has 24 heavy (non-hydrogen) atoms. The zero-order valence-electron chi connectivity index (χ0n) is 14.2. The molecular weight excluding hydrogens is 304 g/mol. The molecule has 2 aromatic carbocycles.